The van der Waals surface area contributed by atoms with Crippen molar-refractivity contribution in [2.45, 2.75) is 27.2 Å². The van der Waals surface area contributed by atoms with Crippen molar-refractivity contribution in [1.29, 1.82) is 0 Å². The van der Waals surface area contributed by atoms with Gasteiger partial charge in [-0.3, -0.25) is 4.79 Å². The predicted molar refractivity (Wildman–Crippen MR) is 102 cm³/mol. The smallest absolute Gasteiger partial charge is 0.224 e. The Morgan fingerprint density at radius 3 is 2.52 bits per heavy atom. The van der Waals surface area contributed by atoms with Gasteiger partial charge in [-0.2, -0.15) is 0 Å². The molecule has 0 aromatic heterocycles. The highest BCUT2D eigenvalue weighted by Gasteiger charge is 2.13. The van der Waals surface area contributed by atoms with E-state index in [-0.39, 0.29) is 5.91 Å². The number of nitrogens with zero attached hydrogens (tertiary/aromatic N) is 1. The Labute approximate surface area is 148 Å². The van der Waals surface area contributed by atoms with Crippen molar-refractivity contribution >= 4 is 17.5 Å². The summed E-state index contributed by atoms with van der Waals surface area (Å²) in [4.78, 5) is 16.3. The van der Waals surface area contributed by atoms with Crippen LogP contribution in [0.25, 0.3) is 11.1 Å². The molecule has 1 amide bonds. The van der Waals surface area contributed by atoms with Crippen molar-refractivity contribution in [3.8, 4) is 11.1 Å². The normalized spacial score (nSPS) is 13.5. The van der Waals surface area contributed by atoms with Crippen LogP contribution in [0, 0.1) is 12.8 Å². The Hall–Kier alpha value is -2.62. The van der Waals surface area contributed by atoms with Crippen LogP contribution >= 0.6 is 0 Å². The minimum absolute atomic E-state index is 0.0531. The van der Waals surface area contributed by atoms with E-state index in [1.54, 1.807) is 0 Å². The second kappa shape index (κ2) is 7.51. The van der Waals surface area contributed by atoms with Gasteiger partial charge in [-0.1, -0.05) is 32.0 Å². The fourth-order valence-electron chi connectivity index (χ4n) is 2.89. The van der Waals surface area contributed by atoms with E-state index < -0.39 is 0 Å². The van der Waals surface area contributed by atoms with Crippen LogP contribution in [0.1, 0.15) is 31.4 Å². The number of ether oxygens (including phenoxy) is 1. The summed E-state index contributed by atoms with van der Waals surface area (Å²) in [7, 11) is 0. The first-order valence-corrected chi connectivity index (χ1v) is 8.71. The van der Waals surface area contributed by atoms with Crippen LogP contribution in [0.4, 0.5) is 5.69 Å². The molecular formula is C21H24N2O2. The highest BCUT2D eigenvalue weighted by Crippen LogP contribution is 2.27. The minimum Gasteiger partial charge on any atom is -0.476 e. The lowest BCUT2D eigenvalue weighted by Crippen LogP contribution is -2.13. The van der Waals surface area contributed by atoms with E-state index in [1.807, 2.05) is 44.2 Å². The Bertz CT molecular complexity index is 792. The highest BCUT2D eigenvalue weighted by molar-refractivity contribution is 5.96. The molecule has 25 heavy (non-hydrogen) atoms. The number of amides is 1. The predicted octanol–water partition coefficient (Wildman–Crippen LogP) is 4.42. The van der Waals surface area contributed by atoms with Gasteiger partial charge in [0.05, 0.1) is 6.54 Å². The zero-order valence-corrected chi connectivity index (χ0v) is 15.0. The molecule has 130 valence electrons. The summed E-state index contributed by atoms with van der Waals surface area (Å²) >= 11 is 0. The summed E-state index contributed by atoms with van der Waals surface area (Å²) in [6, 6.07) is 14.2. The summed E-state index contributed by atoms with van der Waals surface area (Å²) in [6.07, 6.45) is 0.533. The molecule has 4 heteroatoms. The molecule has 0 spiro atoms. The van der Waals surface area contributed by atoms with Gasteiger partial charge >= 0.3 is 0 Å². The Morgan fingerprint density at radius 1 is 1.16 bits per heavy atom. The number of hydrogen-bond donors (Lipinski definition) is 1. The molecule has 0 radical (unpaired) electrons. The molecule has 0 unspecified atom stereocenters. The standard InChI is InChI=1S/C21H24N2O2/c1-14(2)12-20(24)23-18-8-6-16(7-9-18)19-13-17(5-4-15(19)3)21-22-10-11-25-21/h4-9,13-14H,10-12H2,1-3H3,(H,23,24). The molecule has 0 saturated heterocycles. The maximum Gasteiger partial charge on any atom is 0.224 e. The van der Waals surface area contributed by atoms with Gasteiger partial charge in [0.2, 0.25) is 11.8 Å². The number of carbonyl (C=O) groups is 1. The molecule has 1 aliphatic rings. The Kier molecular flexibility index (Phi) is 5.17. The lowest BCUT2D eigenvalue weighted by atomic mass is 9.98. The molecule has 0 saturated carbocycles. The van der Waals surface area contributed by atoms with Crippen molar-refractivity contribution in [1.82, 2.24) is 0 Å². The number of benzene rings is 2. The molecule has 2 aromatic carbocycles. The summed E-state index contributed by atoms with van der Waals surface area (Å²) in [5.74, 6) is 1.13. The van der Waals surface area contributed by atoms with Crippen LogP contribution in [0.2, 0.25) is 0 Å². The van der Waals surface area contributed by atoms with Gasteiger partial charge in [0, 0.05) is 17.7 Å². The average Bonchev–Trinajstić information content (AvgIpc) is 3.10. The summed E-state index contributed by atoms with van der Waals surface area (Å²) in [5, 5.41) is 2.94. The van der Waals surface area contributed by atoms with Crippen molar-refractivity contribution in [3.05, 3.63) is 53.6 Å². The van der Waals surface area contributed by atoms with Gasteiger partial charge in [0.25, 0.3) is 0 Å². The maximum absolute atomic E-state index is 11.9. The van der Waals surface area contributed by atoms with Crippen LogP contribution in [0.3, 0.4) is 0 Å². The SMILES string of the molecule is Cc1ccc(C2=NCCO2)cc1-c1ccc(NC(=O)CC(C)C)cc1. The van der Waals surface area contributed by atoms with E-state index in [9.17, 15) is 4.79 Å². The van der Waals surface area contributed by atoms with Crippen LogP contribution in [-0.4, -0.2) is 25.0 Å². The molecule has 1 N–H and O–H groups in total. The Balaban J connectivity index is 1.80. The molecule has 1 aliphatic heterocycles. The van der Waals surface area contributed by atoms with E-state index in [0.717, 1.165) is 34.8 Å². The third-order valence-corrected chi connectivity index (χ3v) is 4.14. The summed E-state index contributed by atoms with van der Waals surface area (Å²) in [5.41, 5.74) is 5.29. The fraction of sp³-hybridized carbons (Fsp3) is 0.333. The van der Waals surface area contributed by atoms with E-state index in [1.165, 1.54) is 5.56 Å². The van der Waals surface area contributed by atoms with E-state index in [4.69, 9.17) is 4.74 Å². The topological polar surface area (TPSA) is 50.7 Å². The van der Waals surface area contributed by atoms with Crippen LogP contribution < -0.4 is 5.32 Å². The molecule has 0 fully saturated rings. The monoisotopic (exact) mass is 336 g/mol. The van der Waals surface area contributed by atoms with Gasteiger partial charge in [0.15, 0.2) is 0 Å². The van der Waals surface area contributed by atoms with E-state index in [0.29, 0.717) is 18.9 Å². The van der Waals surface area contributed by atoms with Crippen molar-refractivity contribution in [2.24, 2.45) is 10.9 Å². The second-order valence-electron chi connectivity index (χ2n) is 6.79. The number of anilines is 1. The maximum atomic E-state index is 11.9. The number of nitrogens with one attached hydrogen (secondary N) is 1. The van der Waals surface area contributed by atoms with E-state index >= 15 is 0 Å². The lowest BCUT2D eigenvalue weighted by molar-refractivity contribution is -0.116. The molecule has 1 heterocycles. The van der Waals surface area contributed by atoms with E-state index in [2.05, 4.69) is 29.4 Å². The summed E-state index contributed by atoms with van der Waals surface area (Å²) in [6.45, 7) is 7.55. The quantitative estimate of drug-likeness (QED) is 0.878. The molecule has 0 bridgehead atoms. The number of aryl methyl sites for hydroxylation is 1. The van der Waals surface area contributed by atoms with Crippen LogP contribution in [0.5, 0.6) is 0 Å². The second-order valence-corrected chi connectivity index (χ2v) is 6.79. The van der Waals surface area contributed by atoms with Crippen molar-refractivity contribution in [3.63, 3.8) is 0 Å². The average molecular weight is 336 g/mol. The largest absolute Gasteiger partial charge is 0.476 e. The van der Waals surface area contributed by atoms with Crippen LogP contribution in [0.15, 0.2) is 47.5 Å². The zero-order valence-electron chi connectivity index (χ0n) is 15.0. The van der Waals surface area contributed by atoms with Gasteiger partial charge in [-0.25, -0.2) is 4.99 Å². The third kappa shape index (κ3) is 4.27. The van der Waals surface area contributed by atoms with Crippen molar-refractivity contribution < 1.29 is 9.53 Å². The molecule has 2 aromatic rings. The van der Waals surface area contributed by atoms with Gasteiger partial charge < -0.3 is 10.1 Å². The Morgan fingerprint density at radius 2 is 1.88 bits per heavy atom. The molecule has 3 rings (SSSR count). The number of rotatable bonds is 5. The lowest BCUT2D eigenvalue weighted by Gasteiger charge is -2.11. The molecule has 4 nitrogen and oxygen atoms in total. The molecule has 0 atom stereocenters. The minimum atomic E-state index is 0.0531. The number of hydrogen-bond acceptors (Lipinski definition) is 3. The number of aliphatic imine (C=N–C) groups is 1. The molecular weight excluding hydrogens is 312 g/mol. The first-order chi connectivity index (χ1) is 12.0. The van der Waals surface area contributed by atoms with Gasteiger partial charge in [-0.05, 0) is 53.8 Å². The third-order valence-electron chi connectivity index (χ3n) is 4.14. The summed E-state index contributed by atoms with van der Waals surface area (Å²) < 4.78 is 5.57. The van der Waals surface area contributed by atoms with Gasteiger partial charge in [-0.15, -0.1) is 0 Å². The zero-order chi connectivity index (χ0) is 17.8. The van der Waals surface area contributed by atoms with Crippen molar-refractivity contribution in [2.75, 3.05) is 18.5 Å². The first-order valence-electron chi connectivity index (χ1n) is 8.71. The highest BCUT2D eigenvalue weighted by atomic mass is 16.5. The number of carbonyl (C=O) groups excluding carboxylic acids is 1. The van der Waals surface area contributed by atoms with Gasteiger partial charge in [0.1, 0.15) is 6.61 Å². The van der Waals surface area contributed by atoms with Crippen LogP contribution in [-0.2, 0) is 9.53 Å². The first kappa shape index (κ1) is 17.2. The molecule has 0 aliphatic carbocycles. The fourth-order valence-corrected chi connectivity index (χ4v) is 2.89.